The maximum Gasteiger partial charge on any atom is 0.262 e. The fourth-order valence-electron chi connectivity index (χ4n) is 8.28. The highest BCUT2D eigenvalue weighted by Crippen LogP contribution is 2.41. The number of benzene rings is 2. The second-order valence-electron chi connectivity index (χ2n) is 14.9. The van der Waals surface area contributed by atoms with Crippen LogP contribution < -0.4 is 30.7 Å². The molecule has 2 unspecified atom stereocenters. The number of carbonyl (C=O) groups excluding carboxylic acids is 5. The van der Waals surface area contributed by atoms with Crippen LogP contribution in [0.25, 0.3) is 0 Å². The lowest BCUT2D eigenvalue weighted by Gasteiger charge is -2.40. The molecule has 5 aliphatic heterocycles. The number of carbonyl (C=O) groups is 5. The second kappa shape index (κ2) is 15.9. The van der Waals surface area contributed by atoms with E-state index in [0.717, 1.165) is 73.6 Å². The van der Waals surface area contributed by atoms with Crippen molar-refractivity contribution in [2.24, 2.45) is 5.92 Å². The number of halogens is 2. The van der Waals surface area contributed by atoms with Crippen LogP contribution in [0.4, 0.5) is 27.4 Å². The van der Waals surface area contributed by atoms with Gasteiger partial charge in [-0.05, 0) is 62.8 Å². The topological polar surface area (TPSA) is 163 Å². The number of nitrogens with zero attached hydrogens (tertiary/aromatic N) is 7. The van der Waals surface area contributed by atoms with Crippen LogP contribution in [0.2, 0.25) is 5.02 Å². The molecule has 0 saturated carbocycles. The lowest BCUT2D eigenvalue weighted by Crippen LogP contribution is -2.54. The van der Waals surface area contributed by atoms with E-state index in [-0.39, 0.29) is 35.2 Å². The lowest BCUT2D eigenvalue weighted by atomic mass is 9.96. The van der Waals surface area contributed by atoms with Crippen LogP contribution >= 0.6 is 23.4 Å². The van der Waals surface area contributed by atoms with Gasteiger partial charge in [0, 0.05) is 64.5 Å². The molecule has 15 nitrogen and oxygen atoms in total. The van der Waals surface area contributed by atoms with Gasteiger partial charge in [-0.25, -0.2) is 14.4 Å². The first kappa shape index (κ1) is 38.6. The van der Waals surface area contributed by atoms with Gasteiger partial charge in [-0.3, -0.25) is 39.1 Å². The molecule has 3 aromatic rings. The molecule has 5 aliphatic rings. The van der Waals surface area contributed by atoms with Crippen LogP contribution in [0.15, 0.2) is 47.6 Å². The molecule has 2 atom stereocenters. The number of hydrogen-bond donors (Lipinski definition) is 3. The van der Waals surface area contributed by atoms with Crippen molar-refractivity contribution in [1.82, 2.24) is 30.4 Å². The lowest BCUT2D eigenvalue weighted by molar-refractivity contribution is -0.136. The van der Waals surface area contributed by atoms with Crippen molar-refractivity contribution in [2.45, 2.75) is 51.1 Å². The molecule has 0 aliphatic carbocycles. The normalized spacial score (nSPS) is 21.9. The molecular weight excluding hydrogens is 775 g/mol. The number of rotatable bonds is 10. The van der Waals surface area contributed by atoms with Crippen LogP contribution in [0.5, 0.6) is 0 Å². The summed E-state index contributed by atoms with van der Waals surface area (Å²) in [6.07, 6.45) is 4.53. The number of anilines is 4. The summed E-state index contributed by atoms with van der Waals surface area (Å²) in [5, 5.41) is 9.74. The summed E-state index contributed by atoms with van der Waals surface area (Å²) >= 11 is 8.09. The zero-order chi connectivity index (χ0) is 40.0. The molecule has 3 saturated heterocycles. The largest absolute Gasteiger partial charge is 0.367 e. The number of para-hydroxylation sites is 1. The SMILES string of the molecule is Cc1nc(NC2SC(NC=O)=CN2c2c(C)cccc2Cl)cc(N2CCC(CN3CCN(c4cc5c(cc4F)C(=O)N(C4CCC(=O)NC4=O)C5=O)CC3)CC2)n1. The summed E-state index contributed by atoms with van der Waals surface area (Å²) in [7, 11) is 0. The van der Waals surface area contributed by atoms with E-state index >= 15 is 4.39 Å². The molecule has 5 amide bonds. The van der Waals surface area contributed by atoms with Gasteiger partial charge in [0.25, 0.3) is 11.8 Å². The van der Waals surface area contributed by atoms with Crippen LogP contribution in [-0.2, 0) is 14.4 Å². The van der Waals surface area contributed by atoms with Crippen molar-refractivity contribution in [1.29, 1.82) is 0 Å². The van der Waals surface area contributed by atoms with Gasteiger partial charge in [-0.1, -0.05) is 35.5 Å². The number of hydrogen-bond acceptors (Lipinski definition) is 13. The number of piperidine rings is 2. The van der Waals surface area contributed by atoms with Crippen molar-refractivity contribution in [3.05, 3.63) is 81.0 Å². The van der Waals surface area contributed by atoms with Gasteiger partial charge in [0.2, 0.25) is 18.2 Å². The highest BCUT2D eigenvalue weighted by atomic mass is 35.5. The number of aromatic nitrogens is 2. The summed E-state index contributed by atoms with van der Waals surface area (Å²) in [4.78, 5) is 80.7. The van der Waals surface area contributed by atoms with Crippen molar-refractivity contribution in [3.63, 3.8) is 0 Å². The summed E-state index contributed by atoms with van der Waals surface area (Å²) in [6, 6.07) is 9.12. The Morgan fingerprint density at radius 2 is 1.68 bits per heavy atom. The molecule has 1 aromatic heterocycles. The summed E-state index contributed by atoms with van der Waals surface area (Å²) < 4.78 is 15.5. The summed E-state index contributed by atoms with van der Waals surface area (Å²) in [5.74, 6) is -0.501. The molecule has 6 heterocycles. The van der Waals surface area contributed by atoms with E-state index in [1.807, 2.05) is 54.1 Å². The number of aryl methyl sites for hydroxylation is 2. The van der Waals surface area contributed by atoms with Gasteiger partial charge >= 0.3 is 0 Å². The Kier molecular flexibility index (Phi) is 10.8. The molecule has 57 heavy (non-hydrogen) atoms. The van der Waals surface area contributed by atoms with Crippen LogP contribution in [0, 0.1) is 25.6 Å². The standard InChI is InChI=1S/C39H42ClFN10O5S/c1-22-4-3-5-27(40)35(22)50-20-34(42-21-52)57-39(50)45-31-18-32(44-23(2)43-31)49-10-8-24(9-11-49)19-47-12-14-48(15-13-47)30-17-26-25(16-28(30)41)37(55)51(38(26)56)29-6-7-33(53)46-36(29)54/h3-5,16-18,20-21,24,29,39H,6-15,19H2,1-2H3,(H,42,52)(H,43,44,45)(H,46,53,54). The Morgan fingerprint density at radius 1 is 0.947 bits per heavy atom. The van der Waals surface area contributed by atoms with Crippen molar-refractivity contribution < 1.29 is 28.4 Å². The van der Waals surface area contributed by atoms with Crippen LogP contribution in [-0.4, -0.2) is 107 Å². The Balaban J connectivity index is 0.856. The molecule has 298 valence electrons. The number of piperazine rings is 1. The monoisotopic (exact) mass is 816 g/mol. The third kappa shape index (κ3) is 7.75. The maximum atomic E-state index is 15.5. The average molecular weight is 817 g/mol. The quantitative estimate of drug-likeness (QED) is 0.200. The first-order valence-electron chi connectivity index (χ1n) is 19.0. The van der Waals surface area contributed by atoms with E-state index in [0.29, 0.717) is 47.1 Å². The average Bonchev–Trinajstić information content (AvgIpc) is 3.67. The van der Waals surface area contributed by atoms with E-state index < -0.39 is 35.5 Å². The highest BCUT2D eigenvalue weighted by molar-refractivity contribution is 8.04. The zero-order valence-electron chi connectivity index (χ0n) is 31.5. The minimum absolute atomic E-state index is 0.0149. The molecule has 0 radical (unpaired) electrons. The molecule has 0 spiro atoms. The molecular formula is C39H42ClFN10O5S. The van der Waals surface area contributed by atoms with Crippen molar-refractivity contribution in [2.75, 3.05) is 65.8 Å². The first-order valence-corrected chi connectivity index (χ1v) is 20.2. The predicted molar refractivity (Wildman–Crippen MR) is 214 cm³/mol. The van der Waals surface area contributed by atoms with Gasteiger partial charge in [0.1, 0.15) is 29.3 Å². The number of imide groups is 2. The number of fused-ring (bicyclic) bond motifs is 1. The minimum Gasteiger partial charge on any atom is -0.367 e. The first-order chi connectivity index (χ1) is 27.5. The fourth-order valence-corrected chi connectivity index (χ4v) is 9.59. The van der Waals surface area contributed by atoms with E-state index in [9.17, 15) is 24.0 Å². The molecule has 8 rings (SSSR count). The number of amides is 5. The third-order valence-corrected chi connectivity index (χ3v) is 12.5. The van der Waals surface area contributed by atoms with Crippen molar-refractivity contribution >= 4 is 76.4 Å². The molecule has 2 aromatic carbocycles. The number of nitrogens with one attached hydrogen (secondary N) is 3. The van der Waals surface area contributed by atoms with Crippen molar-refractivity contribution in [3.8, 4) is 0 Å². The van der Waals surface area contributed by atoms with Gasteiger partial charge in [0.15, 0.2) is 5.50 Å². The summed E-state index contributed by atoms with van der Waals surface area (Å²) in [5.41, 5.74) is 1.78. The smallest absolute Gasteiger partial charge is 0.262 e. The third-order valence-electron chi connectivity index (χ3n) is 11.2. The maximum absolute atomic E-state index is 15.5. The van der Waals surface area contributed by atoms with E-state index in [2.05, 4.69) is 30.7 Å². The predicted octanol–water partition coefficient (Wildman–Crippen LogP) is 3.82. The van der Waals surface area contributed by atoms with Gasteiger partial charge in [0.05, 0.1) is 32.6 Å². The Bertz CT molecular complexity index is 2160. The minimum atomic E-state index is -1.10. The second-order valence-corrected chi connectivity index (χ2v) is 16.4. The Hall–Kier alpha value is -5.26. The van der Waals surface area contributed by atoms with E-state index in [1.165, 1.54) is 17.8 Å². The Labute approximate surface area is 338 Å². The van der Waals surface area contributed by atoms with Crippen LogP contribution in [0.1, 0.15) is 57.8 Å². The van der Waals surface area contributed by atoms with Gasteiger partial charge in [-0.15, -0.1) is 0 Å². The van der Waals surface area contributed by atoms with Crippen LogP contribution in [0.3, 0.4) is 0 Å². The van der Waals surface area contributed by atoms with E-state index in [4.69, 9.17) is 16.6 Å². The van der Waals surface area contributed by atoms with Gasteiger partial charge < -0.3 is 25.3 Å². The molecule has 18 heteroatoms. The fraction of sp³-hybridized carbons (Fsp3) is 0.410. The number of thioether (sulfide) groups is 1. The molecule has 3 fully saturated rings. The highest BCUT2D eigenvalue weighted by Gasteiger charge is 2.45. The molecule has 3 N–H and O–H groups in total. The molecule has 0 bridgehead atoms. The summed E-state index contributed by atoms with van der Waals surface area (Å²) in [6.45, 7) is 8.99. The zero-order valence-corrected chi connectivity index (χ0v) is 33.0. The van der Waals surface area contributed by atoms with Gasteiger partial charge in [-0.2, -0.15) is 0 Å². The van der Waals surface area contributed by atoms with E-state index in [1.54, 1.807) is 0 Å². The Morgan fingerprint density at radius 3 is 2.39 bits per heavy atom.